The number of aryl methyl sites for hydroxylation is 1. The molecule has 0 aliphatic heterocycles. The largest absolute Gasteiger partial charge is 0.481 e. The van der Waals surface area contributed by atoms with E-state index in [1.807, 2.05) is 29.9 Å². The Morgan fingerprint density at radius 3 is 2.68 bits per heavy atom. The van der Waals surface area contributed by atoms with Gasteiger partial charge in [-0.05, 0) is 19.9 Å². The van der Waals surface area contributed by atoms with Crippen molar-refractivity contribution in [2.24, 2.45) is 5.92 Å². The summed E-state index contributed by atoms with van der Waals surface area (Å²) >= 11 is 1.50. The summed E-state index contributed by atoms with van der Waals surface area (Å²) in [6, 6.07) is 1.82. The minimum Gasteiger partial charge on any atom is -0.481 e. The number of carboxylic acid groups (broad SMARTS) is 1. The van der Waals surface area contributed by atoms with Crippen LogP contribution in [-0.2, 0) is 4.79 Å². The predicted octanol–water partition coefficient (Wildman–Crippen LogP) is 2.34. The molecule has 1 atom stereocenters. The van der Waals surface area contributed by atoms with Crippen molar-refractivity contribution in [1.82, 2.24) is 14.5 Å². The smallest absolute Gasteiger partial charge is 0.308 e. The molecular formula is C15H19N3O3S. The summed E-state index contributed by atoms with van der Waals surface area (Å²) in [7, 11) is 1.62. The van der Waals surface area contributed by atoms with Crippen LogP contribution in [0.5, 0.6) is 0 Å². The van der Waals surface area contributed by atoms with E-state index in [1.54, 1.807) is 20.2 Å². The summed E-state index contributed by atoms with van der Waals surface area (Å²) in [6.45, 7) is 5.56. The molecule has 118 valence electrons. The highest BCUT2D eigenvalue weighted by atomic mass is 32.1. The molecule has 6 nitrogen and oxygen atoms in total. The zero-order chi connectivity index (χ0) is 16.4. The number of carboxylic acids is 1. The van der Waals surface area contributed by atoms with Gasteiger partial charge in [0.2, 0.25) is 0 Å². The van der Waals surface area contributed by atoms with Gasteiger partial charge in [-0.25, -0.2) is 4.98 Å². The van der Waals surface area contributed by atoms with Gasteiger partial charge in [0.25, 0.3) is 5.91 Å². The van der Waals surface area contributed by atoms with E-state index in [4.69, 9.17) is 5.11 Å². The molecule has 2 aromatic heterocycles. The van der Waals surface area contributed by atoms with Gasteiger partial charge in [0.1, 0.15) is 0 Å². The molecule has 0 bridgehead atoms. The fraction of sp³-hybridized carbons (Fsp3) is 0.400. The average molecular weight is 321 g/mol. The van der Waals surface area contributed by atoms with Crippen molar-refractivity contribution in [3.63, 3.8) is 0 Å². The monoisotopic (exact) mass is 321 g/mol. The normalized spacial score (nSPS) is 12.2. The number of amides is 1. The summed E-state index contributed by atoms with van der Waals surface area (Å²) in [4.78, 5) is 29.2. The van der Waals surface area contributed by atoms with Crippen molar-refractivity contribution in [2.75, 3.05) is 13.6 Å². The number of hydrogen-bond donors (Lipinski definition) is 1. The summed E-state index contributed by atoms with van der Waals surface area (Å²) in [6.07, 6.45) is 1.72. The Morgan fingerprint density at radius 2 is 2.14 bits per heavy atom. The molecule has 0 fully saturated rings. The lowest BCUT2D eigenvalue weighted by Crippen LogP contribution is -2.33. The first-order chi connectivity index (χ1) is 10.3. The molecule has 7 heteroatoms. The molecule has 2 heterocycles. The maximum absolute atomic E-state index is 12.6. The highest BCUT2D eigenvalue weighted by molar-refractivity contribution is 7.12. The van der Waals surface area contributed by atoms with Crippen molar-refractivity contribution in [1.29, 1.82) is 0 Å². The lowest BCUT2D eigenvalue weighted by Gasteiger charge is -2.19. The van der Waals surface area contributed by atoms with Gasteiger partial charge in [-0.1, -0.05) is 6.92 Å². The van der Waals surface area contributed by atoms with Gasteiger partial charge in [-0.15, -0.1) is 11.3 Å². The Kier molecular flexibility index (Phi) is 4.65. The minimum atomic E-state index is -0.909. The Labute approximate surface area is 133 Å². The Hall–Kier alpha value is -2.15. The molecule has 0 radical (unpaired) electrons. The molecule has 0 aromatic carbocycles. The first-order valence-corrected chi connectivity index (χ1v) is 7.78. The van der Waals surface area contributed by atoms with E-state index in [1.165, 1.54) is 16.2 Å². The summed E-state index contributed by atoms with van der Waals surface area (Å²) in [5.74, 6) is -1.69. The van der Waals surface area contributed by atoms with E-state index in [2.05, 4.69) is 4.98 Å². The average Bonchev–Trinajstić information content (AvgIpc) is 3.05. The van der Waals surface area contributed by atoms with Crippen LogP contribution in [-0.4, -0.2) is 45.0 Å². The Morgan fingerprint density at radius 1 is 1.45 bits per heavy atom. The molecule has 1 amide bonds. The number of hydrogen-bond acceptors (Lipinski definition) is 4. The third-order valence-electron chi connectivity index (χ3n) is 3.59. The lowest BCUT2D eigenvalue weighted by atomic mass is 10.1. The summed E-state index contributed by atoms with van der Waals surface area (Å²) in [5, 5.41) is 11.7. The van der Waals surface area contributed by atoms with Gasteiger partial charge in [-0.3, -0.25) is 14.2 Å². The van der Waals surface area contributed by atoms with Crippen molar-refractivity contribution in [2.45, 2.75) is 20.8 Å². The predicted molar refractivity (Wildman–Crippen MR) is 84.7 cm³/mol. The first-order valence-electron chi connectivity index (χ1n) is 6.90. The number of carbonyl (C=O) groups excluding carboxylic acids is 1. The first kappa shape index (κ1) is 16.2. The van der Waals surface area contributed by atoms with Crippen molar-refractivity contribution >= 4 is 23.2 Å². The van der Waals surface area contributed by atoms with Gasteiger partial charge < -0.3 is 10.0 Å². The zero-order valence-electron chi connectivity index (χ0n) is 13.0. The molecule has 0 aliphatic rings. The number of nitrogens with zero attached hydrogens (tertiary/aromatic N) is 3. The van der Waals surface area contributed by atoms with E-state index in [0.717, 1.165) is 16.5 Å². The maximum atomic E-state index is 12.6. The third-order valence-corrected chi connectivity index (χ3v) is 4.34. The number of aliphatic carboxylic acids is 1. The van der Waals surface area contributed by atoms with Crippen LogP contribution in [0.15, 0.2) is 17.6 Å². The van der Waals surface area contributed by atoms with Crippen LogP contribution in [0.2, 0.25) is 0 Å². The van der Waals surface area contributed by atoms with Crippen LogP contribution in [0.25, 0.3) is 5.13 Å². The summed E-state index contributed by atoms with van der Waals surface area (Å²) in [5.41, 5.74) is 2.32. The lowest BCUT2D eigenvalue weighted by molar-refractivity contribution is -0.141. The van der Waals surface area contributed by atoms with Gasteiger partial charge in [0.15, 0.2) is 5.13 Å². The van der Waals surface area contributed by atoms with Crippen molar-refractivity contribution in [3.05, 3.63) is 34.6 Å². The van der Waals surface area contributed by atoms with Crippen LogP contribution in [0.1, 0.15) is 28.7 Å². The van der Waals surface area contributed by atoms with Crippen LogP contribution in [0.3, 0.4) is 0 Å². The van der Waals surface area contributed by atoms with Crippen molar-refractivity contribution < 1.29 is 14.7 Å². The van der Waals surface area contributed by atoms with Gasteiger partial charge in [-0.2, -0.15) is 0 Å². The molecule has 0 aliphatic carbocycles. The Balaban J connectivity index is 2.28. The van der Waals surface area contributed by atoms with Crippen LogP contribution >= 0.6 is 11.3 Å². The fourth-order valence-electron chi connectivity index (χ4n) is 2.38. The molecule has 0 saturated heterocycles. The number of rotatable bonds is 5. The maximum Gasteiger partial charge on any atom is 0.308 e. The van der Waals surface area contributed by atoms with E-state index >= 15 is 0 Å². The van der Waals surface area contributed by atoms with E-state index in [0.29, 0.717) is 5.56 Å². The molecule has 0 saturated carbocycles. The highest BCUT2D eigenvalue weighted by Gasteiger charge is 2.23. The minimum absolute atomic E-state index is 0.176. The molecule has 22 heavy (non-hydrogen) atoms. The number of thiazole rings is 1. The molecule has 2 aromatic rings. The Bertz CT molecular complexity index is 691. The van der Waals surface area contributed by atoms with Gasteiger partial charge in [0, 0.05) is 36.6 Å². The van der Waals surface area contributed by atoms with Crippen LogP contribution < -0.4 is 0 Å². The highest BCUT2D eigenvalue weighted by Crippen LogP contribution is 2.23. The van der Waals surface area contributed by atoms with Crippen molar-refractivity contribution in [3.8, 4) is 5.13 Å². The SMILES string of the molecule is Cc1cc(C(=O)N(C)CC(C)C(=O)O)c(C)n1-c1nccs1. The number of carbonyl (C=O) groups is 2. The van der Waals surface area contributed by atoms with E-state index in [9.17, 15) is 9.59 Å². The second-order valence-electron chi connectivity index (χ2n) is 5.36. The molecule has 1 unspecified atom stereocenters. The molecule has 1 N–H and O–H groups in total. The van der Waals surface area contributed by atoms with E-state index in [-0.39, 0.29) is 12.5 Å². The molecule has 2 rings (SSSR count). The second-order valence-corrected chi connectivity index (χ2v) is 6.23. The summed E-state index contributed by atoms with van der Waals surface area (Å²) < 4.78 is 1.94. The van der Waals surface area contributed by atoms with Gasteiger partial charge in [0.05, 0.1) is 11.5 Å². The second kappa shape index (κ2) is 6.31. The zero-order valence-corrected chi connectivity index (χ0v) is 13.8. The third kappa shape index (κ3) is 3.04. The van der Waals surface area contributed by atoms with Crippen LogP contribution in [0, 0.1) is 19.8 Å². The van der Waals surface area contributed by atoms with E-state index < -0.39 is 11.9 Å². The standard InChI is InChI=1S/C15H19N3O3S/c1-9(14(20)21)8-17(4)13(19)12-7-10(2)18(11(12)3)15-16-5-6-22-15/h5-7,9H,8H2,1-4H3,(H,20,21). The van der Waals surface area contributed by atoms with Gasteiger partial charge >= 0.3 is 5.97 Å². The quantitative estimate of drug-likeness (QED) is 0.917. The fourth-order valence-corrected chi connectivity index (χ4v) is 3.13. The number of aromatic nitrogens is 2. The topological polar surface area (TPSA) is 75.4 Å². The molecular weight excluding hydrogens is 302 g/mol. The van der Waals surface area contributed by atoms with Crippen LogP contribution in [0.4, 0.5) is 0 Å². The molecule has 0 spiro atoms.